The number of amides is 1. The average Bonchev–Trinajstić information content (AvgIpc) is 3.18. The maximum absolute atomic E-state index is 12.9. The molecule has 2 heterocycles. The van der Waals surface area contributed by atoms with E-state index in [2.05, 4.69) is 10.2 Å². The smallest absolute Gasteiger partial charge is 0.252 e. The van der Waals surface area contributed by atoms with Gasteiger partial charge in [-0.1, -0.05) is 18.2 Å². The van der Waals surface area contributed by atoms with Crippen LogP contribution in [0.1, 0.15) is 16.8 Å². The van der Waals surface area contributed by atoms with Gasteiger partial charge in [-0.3, -0.25) is 4.79 Å². The number of para-hydroxylation sites is 1. The Labute approximate surface area is 164 Å². The molecule has 1 N–H and O–H groups in total. The van der Waals surface area contributed by atoms with E-state index in [1.54, 1.807) is 0 Å². The molecule has 1 amide bonds. The fourth-order valence-electron chi connectivity index (χ4n) is 3.26. The summed E-state index contributed by atoms with van der Waals surface area (Å²) in [5, 5.41) is 3.87. The summed E-state index contributed by atoms with van der Waals surface area (Å²) in [5.74, 6) is 1.34. The van der Waals surface area contributed by atoms with Crippen molar-refractivity contribution in [2.45, 2.75) is 6.42 Å². The molecule has 6 nitrogen and oxygen atoms in total. The number of carbonyl (C=O) groups excluding carboxylic acids is 1. The lowest BCUT2D eigenvalue weighted by molar-refractivity contribution is 0.0954. The van der Waals surface area contributed by atoms with Gasteiger partial charge in [-0.2, -0.15) is 0 Å². The van der Waals surface area contributed by atoms with Gasteiger partial charge in [0.15, 0.2) is 11.5 Å². The minimum Gasteiger partial charge on any atom is -0.454 e. The van der Waals surface area contributed by atoms with Gasteiger partial charge in [-0.25, -0.2) is 4.98 Å². The monoisotopic (exact) mass is 377 g/mol. The van der Waals surface area contributed by atoms with Crippen molar-refractivity contribution in [3.05, 3.63) is 54.1 Å². The van der Waals surface area contributed by atoms with E-state index in [9.17, 15) is 4.79 Å². The van der Waals surface area contributed by atoms with Gasteiger partial charge in [0.05, 0.1) is 16.8 Å². The number of fused-ring (bicyclic) bond motifs is 2. The van der Waals surface area contributed by atoms with Crippen molar-refractivity contribution in [3.8, 4) is 22.8 Å². The van der Waals surface area contributed by atoms with E-state index >= 15 is 0 Å². The van der Waals surface area contributed by atoms with Crippen molar-refractivity contribution in [1.82, 2.24) is 15.2 Å². The van der Waals surface area contributed by atoms with Crippen LogP contribution in [0.4, 0.5) is 0 Å². The van der Waals surface area contributed by atoms with Gasteiger partial charge in [0, 0.05) is 17.5 Å². The van der Waals surface area contributed by atoms with Crippen molar-refractivity contribution in [2.75, 3.05) is 34.0 Å². The Kier molecular flexibility index (Phi) is 5.12. The van der Waals surface area contributed by atoms with E-state index in [0.29, 0.717) is 17.9 Å². The molecule has 0 spiro atoms. The molecule has 0 unspecified atom stereocenters. The first-order valence-electron chi connectivity index (χ1n) is 9.34. The summed E-state index contributed by atoms with van der Waals surface area (Å²) in [6, 6.07) is 15.3. The lowest BCUT2D eigenvalue weighted by Gasteiger charge is -2.12. The van der Waals surface area contributed by atoms with Gasteiger partial charge < -0.3 is 19.7 Å². The summed E-state index contributed by atoms with van der Waals surface area (Å²) in [5.41, 5.74) is 3.03. The first kappa shape index (κ1) is 18.3. The number of aromatic nitrogens is 1. The van der Waals surface area contributed by atoms with Gasteiger partial charge in [-0.15, -0.1) is 0 Å². The van der Waals surface area contributed by atoms with Crippen LogP contribution in [-0.4, -0.2) is 49.8 Å². The van der Waals surface area contributed by atoms with Crippen molar-refractivity contribution in [1.29, 1.82) is 0 Å². The summed E-state index contributed by atoms with van der Waals surface area (Å²) < 4.78 is 10.9. The molecule has 0 radical (unpaired) electrons. The van der Waals surface area contributed by atoms with Gasteiger partial charge in [0.1, 0.15) is 0 Å². The largest absolute Gasteiger partial charge is 0.454 e. The fourth-order valence-corrected chi connectivity index (χ4v) is 3.26. The highest BCUT2D eigenvalue weighted by molar-refractivity contribution is 6.07. The minimum atomic E-state index is -0.0839. The van der Waals surface area contributed by atoms with Gasteiger partial charge >= 0.3 is 0 Å². The third kappa shape index (κ3) is 3.77. The SMILES string of the molecule is CN(C)CCCNC(=O)c1cc(-c2ccc3c(c2)OCO3)nc2ccccc12. The van der Waals surface area contributed by atoms with E-state index in [1.165, 1.54) is 0 Å². The van der Waals surface area contributed by atoms with E-state index in [-0.39, 0.29) is 12.7 Å². The highest BCUT2D eigenvalue weighted by Crippen LogP contribution is 2.36. The molecule has 0 fully saturated rings. The highest BCUT2D eigenvalue weighted by atomic mass is 16.7. The summed E-state index contributed by atoms with van der Waals surface area (Å²) in [6.45, 7) is 1.79. The van der Waals surface area contributed by atoms with E-state index < -0.39 is 0 Å². The lowest BCUT2D eigenvalue weighted by atomic mass is 10.0. The highest BCUT2D eigenvalue weighted by Gasteiger charge is 2.17. The molecular weight excluding hydrogens is 354 g/mol. The first-order chi connectivity index (χ1) is 13.6. The molecule has 0 aliphatic carbocycles. The summed E-state index contributed by atoms with van der Waals surface area (Å²) >= 11 is 0. The Morgan fingerprint density at radius 1 is 1.11 bits per heavy atom. The Morgan fingerprint density at radius 2 is 1.93 bits per heavy atom. The normalized spacial score (nSPS) is 12.5. The molecule has 0 saturated heterocycles. The number of benzene rings is 2. The van der Waals surface area contributed by atoms with Gasteiger partial charge in [0.2, 0.25) is 6.79 Å². The number of pyridine rings is 1. The van der Waals surface area contributed by atoms with Crippen LogP contribution in [-0.2, 0) is 0 Å². The summed E-state index contributed by atoms with van der Waals surface area (Å²) in [7, 11) is 4.05. The molecule has 1 aliphatic rings. The van der Waals surface area contributed by atoms with Crippen LogP contribution in [0.2, 0.25) is 0 Å². The van der Waals surface area contributed by atoms with Crippen molar-refractivity contribution in [2.24, 2.45) is 0 Å². The molecule has 1 aliphatic heterocycles. The maximum atomic E-state index is 12.9. The van der Waals surface area contributed by atoms with Crippen molar-refractivity contribution >= 4 is 16.8 Å². The molecule has 0 atom stereocenters. The molecule has 4 rings (SSSR count). The number of ether oxygens (including phenoxy) is 2. The standard InChI is InChI=1S/C22H23N3O3/c1-25(2)11-5-10-23-22(26)17-13-19(24-18-7-4-3-6-16(17)18)15-8-9-20-21(12-15)28-14-27-20/h3-4,6-9,12-13H,5,10-11,14H2,1-2H3,(H,23,26). The molecule has 0 saturated carbocycles. The molecule has 2 aromatic carbocycles. The number of rotatable bonds is 6. The van der Waals surface area contributed by atoms with E-state index in [1.807, 2.05) is 62.6 Å². The summed E-state index contributed by atoms with van der Waals surface area (Å²) in [6.07, 6.45) is 0.900. The second-order valence-corrected chi connectivity index (χ2v) is 7.05. The zero-order valence-corrected chi connectivity index (χ0v) is 16.1. The van der Waals surface area contributed by atoms with Crippen LogP contribution in [0.3, 0.4) is 0 Å². The number of hydrogen-bond donors (Lipinski definition) is 1. The zero-order valence-electron chi connectivity index (χ0n) is 16.1. The minimum absolute atomic E-state index is 0.0839. The lowest BCUT2D eigenvalue weighted by Crippen LogP contribution is -2.27. The number of hydrogen-bond acceptors (Lipinski definition) is 5. The van der Waals surface area contributed by atoms with Crippen LogP contribution in [0.25, 0.3) is 22.2 Å². The van der Waals surface area contributed by atoms with Crippen LogP contribution in [0.5, 0.6) is 11.5 Å². The number of carbonyl (C=O) groups is 1. The third-order valence-corrected chi connectivity index (χ3v) is 4.70. The molecule has 1 aromatic heterocycles. The van der Waals surface area contributed by atoms with Crippen molar-refractivity contribution in [3.63, 3.8) is 0 Å². The molecule has 6 heteroatoms. The predicted molar refractivity (Wildman–Crippen MR) is 109 cm³/mol. The second kappa shape index (κ2) is 7.86. The Hall–Kier alpha value is -3.12. The Bertz CT molecular complexity index is 1020. The van der Waals surface area contributed by atoms with Gasteiger partial charge in [-0.05, 0) is 57.4 Å². The van der Waals surface area contributed by atoms with Crippen molar-refractivity contribution < 1.29 is 14.3 Å². The zero-order chi connectivity index (χ0) is 19.5. The number of nitrogens with zero attached hydrogens (tertiary/aromatic N) is 2. The molecule has 28 heavy (non-hydrogen) atoms. The molecular formula is C22H23N3O3. The maximum Gasteiger partial charge on any atom is 0.252 e. The fraction of sp³-hybridized carbons (Fsp3) is 0.273. The van der Waals surface area contributed by atoms with Crippen LogP contribution >= 0.6 is 0 Å². The molecule has 144 valence electrons. The van der Waals surface area contributed by atoms with Crippen LogP contribution in [0.15, 0.2) is 48.5 Å². The van der Waals surface area contributed by atoms with E-state index in [0.717, 1.165) is 40.9 Å². The van der Waals surface area contributed by atoms with Gasteiger partial charge in [0.25, 0.3) is 5.91 Å². The predicted octanol–water partition coefficient (Wildman–Crippen LogP) is 3.31. The Balaban J connectivity index is 1.67. The van der Waals surface area contributed by atoms with Crippen LogP contribution < -0.4 is 14.8 Å². The van der Waals surface area contributed by atoms with E-state index in [4.69, 9.17) is 14.5 Å². The first-order valence-corrected chi connectivity index (χ1v) is 9.34. The topological polar surface area (TPSA) is 63.7 Å². The average molecular weight is 377 g/mol. The van der Waals surface area contributed by atoms with Crippen LogP contribution in [0, 0.1) is 0 Å². The Morgan fingerprint density at radius 3 is 2.79 bits per heavy atom. The summed E-state index contributed by atoms with van der Waals surface area (Å²) in [4.78, 5) is 19.7. The second-order valence-electron chi connectivity index (χ2n) is 7.05. The third-order valence-electron chi connectivity index (χ3n) is 4.70. The quantitative estimate of drug-likeness (QED) is 0.668. The molecule has 3 aromatic rings. The number of nitrogens with one attached hydrogen (secondary N) is 1. The molecule has 0 bridgehead atoms.